The van der Waals surface area contributed by atoms with E-state index in [2.05, 4.69) is 107 Å². The summed E-state index contributed by atoms with van der Waals surface area (Å²) in [6.45, 7) is 7.73. The lowest BCUT2D eigenvalue weighted by atomic mass is 9.52. The zero-order chi connectivity index (χ0) is 43.9. The van der Waals surface area contributed by atoms with Crippen LogP contribution >= 0.6 is 0 Å². The van der Waals surface area contributed by atoms with E-state index in [1.165, 1.54) is 48.2 Å². The highest BCUT2D eigenvalue weighted by Gasteiger charge is 2.81. The molecule has 68 heavy (non-hydrogen) atoms. The summed E-state index contributed by atoms with van der Waals surface area (Å²) in [5, 5.41) is 0. The van der Waals surface area contributed by atoms with Crippen molar-refractivity contribution in [2.75, 3.05) is 77.6 Å². The van der Waals surface area contributed by atoms with Gasteiger partial charge in [0.1, 0.15) is 50.7 Å². The van der Waals surface area contributed by atoms with E-state index in [1.54, 1.807) is 50.7 Å². The van der Waals surface area contributed by atoms with Gasteiger partial charge in [-0.1, -0.05) is 48.6 Å². The van der Waals surface area contributed by atoms with Crippen LogP contribution in [-0.4, -0.2) is 113 Å². The van der Waals surface area contributed by atoms with Crippen LogP contribution in [0.4, 0.5) is 11.4 Å². The van der Waals surface area contributed by atoms with Crippen LogP contribution < -0.4 is 53.6 Å². The fraction of sp³-hybridized carbons (Fsp3) is 0.500. The molecule has 4 unspecified atom stereocenters. The number of methoxy groups -OCH3 is 4. The summed E-state index contributed by atoms with van der Waals surface area (Å²) >= 11 is 0. The number of rotatable bonds is 8. The summed E-state index contributed by atoms with van der Waals surface area (Å²) in [6.07, 6.45) is 9.71. The molecule has 0 radical (unpaired) electrons. The number of para-hydroxylation sites is 2. The molecule has 0 N–H and O–H groups in total. The molecule has 2 spiro atoms. The van der Waals surface area contributed by atoms with Gasteiger partial charge in [-0.3, -0.25) is 0 Å². The third kappa shape index (κ3) is 5.15. The first-order valence-electron chi connectivity index (χ1n) is 24.9. The number of hydrogen-bond acceptors (Lipinski definition) is 8. The van der Waals surface area contributed by atoms with Crippen molar-refractivity contribution in [2.24, 2.45) is 23.7 Å². The van der Waals surface area contributed by atoms with Crippen LogP contribution in [0.3, 0.4) is 0 Å². The highest BCUT2D eigenvalue weighted by atomic mass is 35.5. The number of piperidine rings is 2. The second kappa shape index (κ2) is 15.0. The number of halogens is 2. The molecule has 7 fully saturated rings. The predicted octanol–water partition coefficient (Wildman–Crippen LogP) is 1.74. The Hall–Kier alpha value is -4.42. The molecule has 9 heterocycles. The van der Waals surface area contributed by atoms with Crippen molar-refractivity contribution < 1.29 is 62.2 Å². The molecule has 14 atom stereocenters. The molecule has 4 bridgehead atoms. The van der Waals surface area contributed by atoms with Gasteiger partial charge >= 0.3 is 0 Å². The zero-order valence-electron chi connectivity index (χ0n) is 39.5. The molecule has 2 saturated carbocycles. The number of fused-ring (bicyclic) bond motifs is 6. The van der Waals surface area contributed by atoms with Crippen LogP contribution in [0, 0.1) is 23.7 Å². The van der Waals surface area contributed by atoms with E-state index in [9.17, 15) is 0 Å². The highest BCUT2D eigenvalue weighted by molar-refractivity contribution is 5.72. The second-order valence-corrected chi connectivity index (χ2v) is 22.1. The van der Waals surface area contributed by atoms with E-state index >= 15 is 0 Å². The molecular weight excluding hydrogens is 896 g/mol. The number of quaternary nitrogens is 2. The second-order valence-electron chi connectivity index (χ2n) is 22.1. The molecular formula is C56H62Cl2N4O6. The maximum Gasteiger partial charge on any atom is 0.161 e. The number of benzene rings is 4. The van der Waals surface area contributed by atoms with Gasteiger partial charge in [0.2, 0.25) is 0 Å². The standard InChI is InChI=1S/C56H62N4O6.2ClH/c1-61-43-15-13-33(25-45(43)63-3)29-59-21-19-55-39-9-5-7-11-41(39)57-51(55)49-37(27-47(55)59)35(31-59)17-23-65-53(49)58-42-12-8-6-10-40(42)56-20-22-60(30-34-14-16-44(62-2)46(26-34)64-4)32-36-18-24-66-54(57)50(52(56)58)38(36)28-48(56)60;;/h5-18,25-26,37-38,47-54H,19-24,27-32H2,1-4H3;2*1H/q+2;;/p-2/t37-,38-,47-,48-,49+,50+,51-,52-,53+,54+,55?,56?,59?,60?;;/m0../s1. The molecule has 12 heteroatoms. The first-order valence-corrected chi connectivity index (χ1v) is 24.9. The minimum Gasteiger partial charge on any atom is -1.00 e. The van der Waals surface area contributed by atoms with Crippen molar-refractivity contribution in [1.29, 1.82) is 0 Å². The number of hydrogen-bond donors (Lipinski definition) is 0. The Balaban J connectivity index is 0.00000229. The van der Waals surface area contributed by atoms with E-state index in [0.717, 1.165) is 71.2 Å². The van der Waals surface area contributed by atoms with Crippen molar-refractivity contribution in [1.82, 2.24) is 0 Å². The lowest BCUT2D eigenvalue weighted by Crippen LogP contribution is -3.00. The van der Waals surface area contributed by atoms with Gasteiger partial charge in [-0.15, -0.1) is 0 Å². The molecule has 0 amide bonds. The Labute approximate surface area is 412 Å². The zero-order valence-corrected chi connectivity index (χ0v) is 41.0. The average molecular weight is 958 g/mol. The van der Waals surface area contributed by atoms with Crippen LogP contribution in [0.25, 0.3) is 0 Å². The van der Waals surface area contributed by atoms with Gasteiger partial charge in [-0.25, -0.2) is 0 Å². The van der Waals surface area contributed by atoms with Gasteiger partial charge in [0.25, 0.3) is 0 Å². The SMILES string of the molecule is COc1ccc(C[N+]23CCC45c6ccccc6N6[C@@H]7OCC=C8C[N+]9(Cc%10ccc(OC)c(OC)c%10)CCC%10%11c%12ccccc%12N([C@@H]%12OCC=C(C2)[C@H](C[C@@H]43)[C@@H]%12[C@H]65)[C@H]%10[C@H]7[C@H]8C[C@@H]%119)cc1OC.[Cl-].[Cl-]. The normalized spacial score (nSPS) is 39.3. The molecule has 4 aromatic rings. The van der Waals surface area contributed by atoms with Gasteiger partial charge in [-0.05, 0) is 70.8 Å². The molecule has 4 aromatic carbocycles. The van der Waals surface area contributed by atoms with Crippen molar-refractivity contribution in [3.8, 4) is 23.0 Å². The lowest BCUT2D eigenvalue weighted by Gasteiger charge is -2.65. The maximum atomic E-state index is 7.70. The van der Waals surface area contributed by atoms with Crippen molar-refractivity contribution in [3.63, 3.8) is 0 Å². The van der Waals surface area contributed by atoms with Crippen LogP contribution in [0.5, 0.6) is 23.0 Å². The maximum absolute atomic E-state index is 7.70. The van der Waals surface area contributed by atoms with Gasteiger partial charge in [0.15, 0.2) is 23.0 Å². The van der Waals surface area contributed by atoms with Gasteiger partial charge in [-0.2, -0.15) is 0 Å². The minimum atomic E-state index is -0.0517. The summed E-state index contributed by atoms with van der Waals surface area (Å²) < 4.78 is 40.8. The predicted molar refractivity (Wildman–Crippen MR) is 251 cm³/mol. The van der Waals surface area contributed by atoms with Gasteiger partial charge < -0.3 is 72.0 Å². The number of anilines is 2. The monoisotopic (exact) mass is 956 g/mol. The molecule has 0 aromatic heterocycles. The van der Waals surface area contributed by atoms with E-state index in [1.807, 2.05) is 0 Å². The van der Waals surface area contributed by atoms with Crippen LogP contribution in [-0.2, 0) is 33.4 Å². The minimum absolute atomic E-state index is 0. The summed E-state index contributed by atoms with van der Waals surface area (Å²) in [4.78, 5) is 5.95. The van der Waals surface area contributed by atoms with Crippen LogP contribution in [0.15, 0.2) is 108 Å². The summed E-state index contributed by atoms with van der Waals surface area (Å²) in [5.41, 5.74) is 11.8. The topological polar surface area (TPSA) is 61.9 Å². The molecule has 11 aliphatic rings. The third-order valence-electron chi connectivity index (χ3n) is 20.4. The Kier molecular flexibility index (Phi) is 9.65. The molecule has 9 aliphatic heterocycles. The van der Waals surface area contributed by atoms with E-state index in [-0.39, 0.29) is 72.0 Å². The van der Waals surface area contributed by atoms with E-state index < -0.39 is 0 Å². The van der Waals surface area contributed by atoms with Gasteiger partial charge in [0.05, 0.1) is 77.7 Å². The lowest BCUT2D eigenvalue weighted by molar-refractivity contribution is -0.955. The van der Waals surface area contributed by atoms with Crippen LogP contribution in [0.2, 0.25) is 0 Å². The first-order chi connectivity index (χ1) is 32.4. The fourth-order valence-corrected chi connectivity index (χ4v) is 18.5. The fourth-order valence-electron chi connectivity index (χ4n) is 18.5. The molecule has 356 valence electrons. The van der Waals surface area contributed by atoms with Crippen molar-refractivity contribution in [2.45, 2.75) is 86.2 Å². The summed E-state index contributed by atoms with van der Waals surface area (Å²) in [5.74, 6) is 4.63. The largest absolute Gasteiger partial charge is 1.00 e. The smallest absolute Gasteiger partial charge is 0.161 e. The van der Waals surface area contributed by atoms with E-state index in [4.69, 9.17) is 28.4 Å². The van der Waals surface area contributed by atoms with Gasteiger partial charge in [0, 0.05) is 71.9 Å². The first kappa shape index (κ1) is 43.6. The van der Waals surface area contributed by atoms with Crippen LogP contribution in [0.1, 0.15) is 47.9 Å². The Morgan fingerprint density at radius 2 is 0.985 bits per heavy atom. The van der Waals surface area contributed by atoms with Crippen molar-refractivity contribution >= 4 is 11.4 Å². The molecule has 2 aliphatic carbocycles. The third-order valence-corrected chi connectivity index (χ3v) is 20.4. The molecule has 15 rings (SSSR count). The molecule has 10 nitrogen and oxygen atoms in total. The average Bonchev–Trinajstić information content (AvgIpc) is 3.97. The number of ether oxygens (including phenoxy) is 6. The molecule has 5 saturated heterocycles. The van der Waals surface area contributed by atoms with Crippen molar-refractivity contribution in [3.05, 3.63) is 130 Å². The van der Waals surface area contributed by atoms with E-state index in [0.29, 0.717) is 37.1 Å². The Morgan fingerprint density at radius 3 is 1.41 bits per heavy atom. The summed E-state index contributed by atoms with van der Waals surface area (Å²) in [6, 6.07) is 34.1. The number of nitrogens with zero attached hydrogens (tertiary/aromatic N) is 4. The highest BCUT2D eigenvalue weighted by Crippen LogP contribution is 2.73. The Morgan fingerprint density at radius 1 is 0.559 bits per heavy atom. The quantitative estimate of drug-likeness (QED) is 0.196. The summed E-state index contributed by atoms with van der Waals surface area (Å²) in [7, 11) is 6.99. The Bertz CT molecular complexity index is 2620.